The molecule has 0 spiro atoms. The number of rotatable bonds is 0. The molecule has 52 valence electrons. The Bertz CT molecular complexity index is 225. The highest BCUT2D eigenvalue weighted by molar-refractivity contribution is 7.99. The number of hydrogen-bond acceptors (Lipinski definition) is 2. The van der Waals surface area contributed by atoms with E-state index < -0.39 is 0 Å². The van der Waals surface area contributed by atoms with Gasteiger partial charge in [0.2, 0.25) is 0 Å². The largest absolute Gasteiger partial charge is 0.269 e. The second-order valence-corrected chi connectivity index (χ2v) is 3.46. The highest BCUT2D eigenvalue weighted by atomic mass is 32.2. The van der Waals surface area contributed by atoms with Crippen molar-refractivity contribution in [3.05, 3.63) is 23.4 Å². The summed E-state index contributed by atoms with van der Waals surface area (Å²) in [5.41, 5.74) is 3.07. The van der Waals surface area contributed by atoms with Gasteiger partial charge in [0.25, 0.3) is 0 Å². The molecule has 0 aromatic rings. The van der Waals surface area contributed by atoms with Crippen molar-refractivity contribution in [1.82, 2.24) is 0 Å². The van der Waals surface area contributed by atoms with Crippen LogP contribution in [0.1, 0.15) is 6.42 Å². The number of aliphatic imine (C=N–C) groups is 1. The van der Waals surface area contributed by atoms with Gasteiger partial charge in [-0.25, -0.2) is 0 Å². The number of hydrogen-bond donors (Lipinski definition) is 0. The summed E-state index contributed by atoms with van der Waals surface area (Å²) in [4.78, 5) is 4.10. The molecule has 0 radical (unpaired) electrons. The zero-order valence-electron chi connectivity index (χ0n) is 5.71. The van der Waals surface area contributed by atoms with Gasteiger partial charge < -0.3 is 0 Å². The first-order valence-electron chi connectivity index (χ1n) is 3.43. The van der Waals surface area contributed by atoms with E-state index >= 15 is 0 Å². The minimum absolute atomic E-state index is 1.06. The molecule has 0 amide bonds. The van der Waals surface area contributed by atoms with Crippen molar-refractivity contribution in [2.24, 2.45) is 4.99 Å². The third-order valence-electron chi connectivity index (χ3n) is 1.79. The fourth-order valence-corrected chi connectivity index (χ4v) is 2.36. The van der Waals surface area contributed by atoms with E-state index in [0.717, 1.165) is 6.42 Å². The summed E-state index contributed by atoms with van der Waals surface area (Å²) >= 11 is 2.00. The molecule has 2 heteroatoms. The van der Waals surface area contributed by atoms with Crippen molar-refractivity contribution < 1.29 is 0 Å². The topological polar surface area (TPSA) is 12.4 Å². The molecule has 0 aromatic heterocycles. The van der Waals surface area contributed by atoms with Crippen LogP contribution in [0.25, 0.3) is 0 Å². The van der Waals surface area contributed by atoms with Gasteiger partial charge in [0, 0.05) is 30.3 Å². The highest BCUT2D eigenvalue weighted by Crippen LogP contribution is 2.27. The average molecular weight is 151 g/mol. The number of thioether (sulfide) groups is 1. The van der Waals surface area contributed by atoms with Gasteiger partial charge in [0.1, 0.15) is 0 Å². The molecule has 0 saturated carbocycles. The molecular formula is C8H9NS. The standard InChI is InChI=1S/C8H9NS/c1-3-9-4-2-8-6-10-5-7(1)8/h1,3-4H,2,5-6H2. The zero-order valence-corrected chi connectivity index (χ0v) is 6.53. The third-order valence-corrected chi connectivity index (χ3v) is 2.86. The second-order valence-electron chi connectivity index (χ2n) is 2.47. The molecule has 0 aliphatic carbocycles. The summed E-state index contributed by atoms with van der Waals surface area (Å²) in [6.45, 7) is 0. The minimum atomic E-state index is 1.06. The van der Waals surface area contributed by atoms with Crippen LogP contribution in [-0.4, -0.2) is 17.7 Å². The Morgan fingerprint density at radius 2 is 2.40 bits per heavy atom. The molecule has 0 fully saturated rings. The van der Waals surface area contributed by atoms with Crippen LogP contribution >= 0.6 is 11.8 Å². The molecule has 1 nitrogen and oxygen atoms in total. The summed E-state index contributed by atoms with van der Waals surface area (Å²) in [6.07, 6.45) is 7.09. The molecule has 0 aromatic carbocycles. The van der Waals surface area contributed by atoms with Crippen molar-refractivity contribution in [3.8, 4) is 0 Å². The Kier molecular flexibility index (Phi) is 1.63. The fourth-order valence-electron chi connectivity index (χ4n) is 1.19. The molecule has 2 aliphatic rings. The summed E-state index contributed by atoms with van der Waals surface area (Å²) in [5.74, 6) is 2.40. The summed E-state index contributed by atoms with van der Waals surface area (Å²) in [7, 11) is 0. The first-order valence-corrected chi connectivity index (χ1v) is 4.59. The Hall–Kier alpha value is -0.500. The Balaban J connectivity index is 2.30. The Morgan fingerprint density at radius 1 is 1.40 bits per heavy atom. The van der Waals surface area contributed by atoms with Gasteiger partial charge >= 0.3 is 0 Å². The quantitative estimate of drug-likeness (QED) is 0.516. The van der Waals surface area contributed by atoms with Crippen LogP contribution in [0.15, 0.2) is 28.4 Å². The number of allylic oxidation sites excluding steroid dienone is 1. The molecule has 0 unspecified atom stereocenters. The predicted molar refractivity (Wildman–Crippen MR) is 46.6 cm³/mol. The second kappa shape index (κ2) is 2.62. The Labute approximate surface area is 64.9 Å². The van der Waals surface area contributed by atoms with Crippen LogP contribution in [0.2, 0.25) is 0 Å². The van der Waals surface area contributed by atoms with Gasteiger partial charge in [0.15, 0.2) is 0 Å². The van der Waals surface area contributed by atoms with Gasteiger partial charge in [-0.3, -0.25) is 4.99 Å². The van der Waals surface area contributed by atoms with Crippen molar-refractivity contribution >= 4 is 18.0 Å². The molecule has 0 saturated heterocycles. The van der Waals surface area contributed by atoms with Crippen LogP contribution < -0.4 is 0 Å². The van der Waals surface area contributed by atoms with E-state index in [4.69, 9.17) is 0 Å². The SMILES string of the molecule is C1=CC2=C(CC=N1)CSC2. The lowest BCUT2D eigenvalue weighted by Crippen LogP contribution is -1.84. The Morgan fingerprint density at radius 3 is 3.40 bits per heavy atom. The van der Waals surface area contributed by atoms with E-state index in [1.807, 2.05) is 24.2 Å². The van der Waals surface area contributed by atoms with Crippen LogP contribution in [0, 0.1) is 0 Å². The van der Waals surface area contributed by atoms with Gasteiger partial charge in [-0.1, -0.05) is 5.57 Å². The molecule has 0 atom stereocenters. The van der Waals surface area contributed by atoms with Gasteiger partial charge in [-0.15, -0.1) is 0 Å². The van der Waals surface area contributed by atoms with Crippen LogP contribution in [0.3, 0.4) is 0 Å². The minimum Gasteiger partial charge on any atom is -0.269 e. The van der Waals surface area contributed by atoms with Crippen molar-refractivity contribution in [2.45, 2.75) is 6.42 Å². The van der Waals surface area contributed by atoms with Crippen LogP contribution in [-0.2, 0) is 0 Å². The van der Waals surface area contributed by atoms with E-state index in [1.165, 1.54) is 17.1 Å². The van der Waals surface area contributed by atoms with E-state index in [-0.39, 0.29) is 0 Å². The lowest BCUT2D eigenvalue weighted by molar-refractivity contribution is 1.28. The van der Waals surface area contributed by atoms with Crippen LogP contribution in [0.4, 0.5) is 0 Å². The van der Waals surface area contributed by atoms with Crippen LogP contribution in [0.5, 0.6) is 0 Å². The van der Waals surface area contributed by atoms with E-state index in [9.17, 15) is 0 Å². The van der Waals surface area contributed by atoms with Gasteiger partial charge in [-0.05, 0) is 11.6 Å². The van der Waals surface area contributed by atoms with Gasteiger partial charge in [-0.2, -0.15) is 11.8 Å². The normalized spacial score (nSPS) is 23.2. The first-order chi connectivity index (χ1) is 4.97. The van der Waals surface area contributed by atoms with Gasteiger partial charge in [0.05, 0.1) is 0 Å². The summed E-state index contributed by atoms with van der Waals surface area (Å²) < 4.78 is 0. The maximum absolute atomic E-state index is 4.10. The summed E-state index contributed by atoms with van der Waals surface area (Å²) in [6, 6.07) is 0. The number of nitrogens with zero attached hydrogens (tertiary/aromatic N) is 1. The zero-order chi connectivity index (χ0) is 6.81. The molecule has 2 aliphatic heterocycles. The van der Waals surface area contributed by atoms with E-state index in [0.29, 0.717) is 0 Å². The lowest BCUT2D eigenvalue weighted by Gasteiger charge is -1.93. The monoisotopic (exact) mass is 151 g/mol. The van der Waals surface area contributed by atoms with E-state index in [2.05, 4.69) is 11.1 Å². The molecule has 0 bridgehead atoms. The third kappa shape index (κ3) is 1.03. The summed E-state index contributed by atoms with van der Waals surface area (Å²) in [5, 5.41) is 0. The maximum Gasteiger partial charge on any atom is 0.0267 e. The maximum atomic E-state index is 4.10. The molecule has 0 N–H and O–H groups in total. The average Bonchev–Trinajstić information content (AvgIpc) is 2.28. The molecule has 2 rings (SSSR count). The molecule has 2 heterocycles. The molecular weight excluding hydrogens is 142 g/mol. The highest BCUT2D eigenvalue weighted by Gasteiger charge is 2.11. The molecule has 10 heavy (non-hydrogen) atoms. The first kappa shape index (κ1) is 6.23. The van der Waals surface area contributed by atoms with Crippen molar-refractivity contribution in [1.29, 1.82) is 0 Å². The van der Waals surface area contributed by atoms with Crippen molar-refractivity contribution in [3.63, 3.8) is 0 Å². The lowest BCUT2D eigenvalue weighted by atomic mass is 10.1. The fraction of sp³-hybridized carbons (Fsp3) is 0.375. The predicted octanol–water partition coefficient (Wildman–Crippen LogP) is 2.02. The van der Waals surface area contributed by atoms with Crippen molar-refractivity contribution in [2.75, 3.05) is 11.5 Å². The van der Waals surface area contributed by atoms with E-state index in [1.54, 1.807) is 5.57 Å². The smallest absolute Gasteiger partial charge is 0.0267 e.